The summed E-state index contributed by atoms with van der Waals surface area (Å²) in [5, 5.41) is 16.1. The van der Waals surface area contributed by atoms with Crippen molar-refractivity contribution in [1.82, 2.24) is 15.1 Å². The molecule has 5 heteroatoms. The van der Waals surface area contributed by atoms with Gasteiger partial charge in [0.15, 0.2) is 0 Å². The first-order chi connectivity index (χ1) is 8.00. The SMILES string of the molecule is CC(C)C(O)CNC(=O)/C=C/c1ccnn1C. The smallest absolute Gasteiger partial charge is 0.244 e. The lowest BCUT2D eigenvalue weighted by Gasteiger charge is -2.13. The average molecular weight is 237 g/mol. The van der Waals surface area contributed by atoms with Gasteiger partial charge in [-0.25, -0.2) is 0 Å². The van der Waals surface area contributed by atoms with Crippen LogP contribution in [0.15, 0.2) is 18.3 Å². The number of aromatic nitrogens is 2. The van der Waals surface area contributed by atoms with E-state index in [2.05, 4.69) is 10.4 Å². The van der Waals surface area contributed by atoms with Crippen LogP contribution in [0.1, 0.15) is 19.5 Å². The summed E-state index contributed by atoms with van der Waals surface area (Å²) in [7, 11) is 1.81. The van der Waals surface area contributed by atoms with E-state index in [1.54, 1.807) is 24.0 Å². The van der Waals surface area contributed by atoms with Crippen LogP contribution >= 0.6 is 0 Å². The number of hydrogen-bond donors (Lipinski definition) is 2. The summed E-state index contributed by atoms with van der Waals surface area (Å²) in [4.78, 5) is 11.4. The predicted octanol–water partition coefficient (Wildman–Crippen LogP) is 0.566. The molecule has 1 aromatic rings. The molecule has 0 aliphatic heterocycles. The molecule has 1 amide bonds. The van der Waals surface area contributed by atoms with Crippen molar-refractivity contribution in [3.05, 3.63) is 24.0 Å². The number of nitrogens with zero attached hydrogens (tertiary/aromatic N) is 2. The Morgan fingerprint density at radius 2 is 2.35 bits per heavy atom. The van der Waals surface area contributed by atoms with Crippen molar-refractivity contribution < 1.29 is 9.90 Å². The standard InChI is InChI=1S/C12H19N3O2/c1-9(2)11(16)8-13-12(17)5-4-10-6-7-14-15(10)3/h4-7,9,11,16H,8H2,1-3H3,(H,13,17)/b5-4+. The second-order valence-electron chi connectivity index (χ2n) is 4.27. The first kappa shape index (κ1) is 13.4. The molecule has 1 aromatic heterocycles. The van der Waals surface area contributed by atoms with Crippen molar-refractivity contribution in [3.8, 4) is 0 Å². The Morgan fingerprint density at radius 3 is 2.88 bits per heavy atom. The molecule has 0 aliphatic rings. The van der Waals surface area contributed by atoms with Crippen LogP contribution in [0.2, 0.25) is 0 Å². The molecule has 1 unspecified atom stereocenters. The van der Waals surface area contributed by atoms with E-state index in [9.17, 15) is 9.90 Å². The van der Waals surface area contributed by atoms with Gasteiger partial charge in [-0.1, -0.05) is 13.8 Å². The van der Waals surface area contributed by atoms with E-state index in [1.807, 2.05) is 19.9 Å². The van der Waals surface area contributed by atoms with Crippen molar-refractivity contribution in [1.29, 1.82) is 0 Å². The lowest BCUT2D eigenvalue weighted by molar-refractivity contribution is -0.117. The normalized spacial score (nSPS) is 13.2. The summed E-state index contributed by atoms with van der Waals surface area (Å²) in [5.41, 5.74) is 0.851. The second kappa shape index (κ2) is 6.20. The lowest BCUT2D eigenvalue weighted by Crippen LogP contribution is -2.33. The molecular weight excluding hydrogens is 218 g/mol. The van der Waals surface area contributed by atoms with E-state index >= 15 is 0 Å². The molecule has 0 aromatic carbocycles. The van der Waals surface area contributed by atoms with Gasteiger partial charge in [0.05, 0.1) is 11.8 Å². The maximum Gasteiger partial charge on any atom is 0.244 e. The third-order valence-corrected chi connectivity index (χ3v) is 2.52. The third-order valence-electron chi connectivity index (χ3n) is 2.52. The number of amides is 1. The summed E-state index contributed by atoms with van der Waals surface area (Å²) in [5.74, 6) is -0.0812. The Hall–Kier alpha value is -1.62. The number of aliphatic hydroxyl groups excluding tert-OH is 1. The molecule has 0 bridgehead atoms. The Labute approximate surface area is 101 Å². The van der Waals surface area contributed by atoms with Crippen LogP contribution in [0.3, 0.4) is 0 Å². The first-order valence-electron chi connectivity index (χ1n) is 5.62. The van der Waals surface area contributed by atoms with Gasteiger partial charge in [-0.15, -0.1) is 0 Å². The quantitative estimate of drug-likeness (QED) is 0.736. The molecule has 0 aliphatic carbocycles. The Balaban J connectivity index is 2.40. The highest BCUT2D eigenvalue weighted by atomic mass is 16.3. The monoisotopic (exact) mass is 237 g/mol. The molecule has 0 fully saturated rings. The fraction of sp³-hybridized carbons (Fsp3) is 0.500. The van der Waals surface area contributed by atoms with Crippen molar-refractivity contribution in [2.45, 2.75) is 20.0 Å². The summed E-state index contributed by atoms with van der Waals surface area (Å²) < 4.78 is 1.67. The van der Waals surface area contributed by atoms with Crippen molar-refractivity contribution in [2.24, 2.45) is 13.0 Å². The van der Waals surface area contributed by atoms with E-state index in [-0.39, 0.29) is 18.4 Å². The van der Waals surface area contributed by atoms with Crippen LogP contribution in [-0.2, 0) is 11.8 Å². The molecule has 1 atom stereocenters. The van der Waals surface area contributed by atoms with E-state index in [1.165, 1.54) is 6.08 Å². The van der Waals surface area contributed by atoms with E-state index in [4.69, 9.17) is 0 Å². The molecule has 0 saturated carbocycles. The number of rotatable bonds is 5. The zero-order chi connectivity index (χ0) is 12.8. The molecule has 1 heterocycles. The minimum atomic E-state index is -0.510. The highest BCUT2D eigenvalue weighted by molar-refractivity contribution is 5.91. The Morgan fingerprint density at radius 1 is 1.65 bits per heavy atom. The maximum absolute atomic E-state index is 11.4. The van der Waals surface area contributed by atoms with Crippen LogP contribution in [-0.4, -0.2) is 33.4 Å². The Bertz CT molecular complexity index is 396. The predicted molar refractivity (Wildman–Crippen MR) is 66.1 cm³/mol. The van der Waals surface area contributed by atoms with Crippen LogP contribution in [0.5, 0.6) is 0 Å². The molecule has 94 valence electrons. The molecule has 17 heavy (non-hydrogen) atoms. The fourth-order valence-electron chi connectivity index (χ4n) is 1.21. The van der Waals surface area contributed by atoms with Crippen LogP contribution in [0.25, 0.3) is 6.08 Å². The zero-order valence-electron chi connectivity index (χ0n) is 10.4. The summed E-state index contributed by atoms with van der Waals surface area (Å²) >= 11 is 0. The third kappa shape index (κ3) is 4.40. The van der Waals surface area contributed by atoms with Crippen molar-refractivity contribution in [3.63, 3.8) is 0 Å². The zero-order valence-corrected chi connectivity index (χ0v) is 10.4. The number of aliphatic hydroxyl groups is 1. The van der Waals surface area contributed by atoms with Crippen LogP contribution in [0, 0.1) is 5.92 Å². The topological polar surface area (TPSA) is 67.2 Å². The first-order valence-corrected chi connectivity index (χ1v) is 5.62. The van der Waals surface area contributed by atoms with Gasteiger partial charge in [0.1, 0.15) is 0 Å². The number of carbonyl (C=O) groups excluding carboxylic acids is 1. The van der Waals surface area contributed by atoms with Crippen LogP contribution < -0.4 is 5.32 Å². The maximum atomic E-state index is 11.4. The van der Waals surface area contributed by atoms with Crippen LogP contribution in [0.4, 0.5) is 0 Å². The number of aryl methyl sites for hydroxylation is 1. The molecule has 0 radical (unpaired) electrons. The molecular formula is C12H19N3O2. The van der Waals surface area contributed by atoms with Gasteiger partial charge in [-0.3, -0.25) is 9.48 Å². The minimum absolute atomic E-state index is 0.136. The molecule has 0 spiro atoms. The summed E-state index contributed by atoms with van der Waals surface area (Å²) in [6, 6.07) is 1.81. The van der Waals surface area contributed by atoms with E-state index in [0.717, 1.165) is 5.69 Å². The van der Waals surface area contributed by atoms with Crippen molar-refractivity contribution in [2.75, 3.05) is 6.54 Å². The summed E-state index contributed by atoms with van der Waals surface area (Å²) in [6.07, 6.45) is 4.28. The summed E-state index contributed by atoms with van der Waals surface area (Å²) in [6.45, 7) is 4.08. The molecule has 2 N–H and O–H groups in total. The van der Waals surface area contributed by atoms with E-state index < -0.39 is 6.10 Å². The number of hydrogen-bond acceptors (Lipinski definition) is 3. The molecule has 5 nitrogen and oxygen atoms in total. The van der Waals surface area contributed by atoms with Gasteiger partial charge in [-0.05, 0) is 18.1 Å². The highest BCUT2D eigenvalue weighted by Gasteiger charge is 2.09. The molecule has 1 rings (SSSR count). The van der Waals surface area contributed by atoms with E-state index in [0.29, 0.717) is 0 Å². The Kier molecular flexibility index (Phi) is 4.90. The lowest BCUT2D eigenvalue weighted by atomic mass is 10.1. The van der Waals surface area contributed by atoms with Gasteiger partial charge >= 0.3 is 0 Å². The average Bonchev–Trinajstić information content (AvgIpc) is 2.68. The van der Waals surface area contributed by atoms with Crippen molar-refractivity contribution >= 4 is 12.0 Å². The van der Waals surface area contributed by atoms with Gasteiger partial charge in [0, 0.05) is 25.9 Å². The van der Waals surface area contributed by atoms with Gasteiger partial charge in [0.25, 0.3) is 0 Å². The minimum Gasteiger partial charge on any atom is -0.391 e. The van der Waals surface area contributed by atoms with Gasteiger partial charge in [-0.2, -0.15) is 5.10 Å². The van der Waals surface area contributed by atoms with Gasteiger partial charge < -0.3 is 10.4 Å². The molecule has 0 saturated heterocycles. The van der Waals surface area contributed by atoms with Gasteiger partial charge in [0.2, 0.25) is 5.91 Å². The highest BCUT2D eigenvalue weighted by Crippen LogP contribution is 2.00. The fourth-order valence-corrected chi connectivity index (χ4v) is 1.21. The largest absolute Gasteiger partial charge is 0.391 e. The number of nitrogens with one attached hydrogen (secondary N) is 1. The number of carbonyl (C=O) groups is 1. The second-order valence-corrected chi connectivity index (χ2v) is 4.27.